The first-order valence-corrected chi connectivity index (χ1v) is 2.96. The van der Waals surface area contributed by atoms with Crippen molar-refractivity contribution < 1.29 is 29.7 Å². The number of aliphatic carboxylic acids is 3. The molecule has 0 aliphatic carbocycles. The fraction of sp³-hybridized carbons (Fsp3) is 0.167. The van der Waals surface area contributed by atoms with Crippen LogP contribution in [-0.2, 0) is 14.4 Å². The predicted octanol–water partition coefficient (Wildman–Crippen LogP) is -1.26. The molecule has 0 fully saturated rings. The standard InChI is InChI=1S/C4H4O4.C2H5NO2/c5-3(6)1-2-4(7)8;3-1-2(4)5/h1-2H,(H,5,6)(H,7,8);1,3H2,(H,4,5)/b2-1+;. The second-order valence-corrected chi connectivity index (χ2v) is 1.61. The molecule has 0 aromatic rings. The molecule has 7 nitrogen and oxygen atoms in total. The molecule has 0 saturated heterocycles. The lowest BCUT2D eigenvalue weighted by Crippen LogP contribution is -2.10. The molecular formula is C6H9NO6. The maximum atomic E-state index is 9.55. The van der Waals surface area contributed by atoms with E-state index >= 15 is 0 Å². The molecule has 0 radical (unpaired) electrons. The van der Waals surface area contributed by atoms with Crippen LogP contribution in [0.1, 0.15) is 0 Å². The third-order valence-electron chi connectivity index (χ3n) is 0.543. The van der Waals surface area contributed by atoms with E-state index in [1.54, 1.807) is 0 Å². The normalized spacial score (nSPS) is 8.69. The summed E-state index contributed by atoms with van der Waals surface area (Å²) in [4.78, 5) is 28.4. The van der Waals surface area contributed by atoms with Gasteiger partial charge in [-0.1, -0.05) is 0 Å². The van der Waals surface area contributed by atoms with Crippen molar-refractivity contribution in [1.82, 2.24) is 0 Å². The molecule has 0 spiro atoms. The van der Waals surface area contributed by atoms with Gasteiger partial charge in [0.05, 0.1) is 6.54 Å². The van der Waals surface area contributed by atoms with Gasteiger partial charge in [0.25, 0.3) is 0 Å². The lowest BCUT2D eigenvalue weighted by atomic mass is 10.5. The van der Waals surface area contributed by atoms with Gasteiger partial charge in [-0.05, 0) is 0 Å². The predicted molar refractivity (Wildman–Crippen MR) is 41.1 cm³/mol. The summed E-state index contributed by atoms with van der Waals surface area (Å²) in [5.74, 6) is -3.48. The van der Waals surface area contributed by atoms with E-state index in [-0.39, 0.29) is 6.54 Å². The highest BCUT2D eigenvalue weighted by molar-refractivity contribution is 5.89. The van der Waals surface area contributed by atoms with Crippen molar-refractivity contribution in [3.63, 3.8) is 0 Å². The zero-order valence-corrected chi connectivity index (χ0v) is 6.51. The highest BCUT2D eigenvalue weighted by atomic mass is 16.4. The second-order valence-electron chi connectivity index (χ2n) is 1.61. The van der Waals surface area contributed by atoms with Gasteiger partial charge in [-0.25, -0.2) is 9.59 Å². The van der Waals surface area contributed by atoms with Crippen molar-refractivity contribution in [1.29, 1.82) is 0 Å². The van der Waals surface area contributed by atoms with E-state index in [4.69, 9.17) is 15.3 Å². The first-order valence-electron chi connectivity index (χ1n) is 2.96. The third-order valence-corrected chi connectivity index (χ3v) is 0.543. The summed E-state index contributed by atoms with van der Waals surface area (Å²) < 4.78 is 0. The van der Waals surface area contributed by atoms with E-state index in [0.717, 1.165) is 0 Å². The molecule has 0 aliphatic rings. The minimum Gasteiger partial charge on any atom is -0.480 e. The SMILES string of the molecule is NCC(=O)O.O=C(O)/C=C/C(=O)O. The molecule has 0 aliphatic heterocycles. The zero-order chi connectivity index (χ0) is 10.9. The minimum atomic E-state index is -1.26. The molecule has 0 aromatic heterocycles. The second kappa shape index (κ2) is 8.21. The Kier molecular flexibility index (Phi) is 8.64. The number of carboxylic acid groups (broad SMARTS) is 3. The number of carbonyl (C=O) groups is 3. The molecule has 0 bridgehead atoms. The summed E-state index contributed by atoms with van der Waals surface area (Å²) in [6.45, 7) is -0.278. The first-order chi connectivity index (χ1) is 5.90. The molecule has 0 unspecified atom stereocenters. The fourth-order valence-electron chi connectivity index (χ4n) is 0.143. The van der Waals surface area contributed by atoms with Gasteiger partial charge >= 0.3 is 17.9 Å². The van der Waals surface area contributed by atoms with Crippen molar-refractivity contribution >= 4 is 17.9 Å². The van der Waals surface area contributed by atoms with Gasteiger partial charge in [-0.2, -0.15) is 0 Å². The quantitative estimate of drug-likeness (QED) is 0.408. The van der Waals surface area contributed by atoms with Crippen LogP contribution in [0.15, 0.2) is 12.2 Å². The van der Waals surface area contributed by atoms with Gasteiger partial charge in [0, 0.05) is 12.2 Å². The van der Waals surface area contributed by atoms with Crippen LogP contribution < -0.4 is 5.73 Å². The van der Waals surface area contributed by atoms with Gasteiger partial charge in [0.15, 0.2) is 0 Å². The molecule has 0 atom stereocenters. The molecule has 0 saturated carbocycles. The highest BCUT2D eigenvalue weighted by Crippen LogP contribution is 1.70. The van der Waals surface area contributed by atoms with Gasteiger partial charge in [-0.15, -0.1) is 0 Å². The Hall–Kier alpha value is -1.89. The van der Waals surface area contributed by atoms with Gasteiger partial charge in [-0.3, -0.25) is 4.79 Å². The van der Waals surface area contributed by atoms with E-state index in [1.165, 1.54) is 0 Å². The average Bonchev–Trinajstić information content (AvgIpc) is 2.02. The number of rotatable bonds is 3. The van der Waals surface area contributed by atoms with Gasteiger partial charge < -0.3 is 21.1 Å². The van der Waals surface area contributed by atoms with Crippen molar-refractivity contribution in [3.05, 3.63) is 12.2 Å². The van der Waals surface area contributed by atoms with Crippen molar-refractivity contribution in [3.8, 4) is 0 Å². The average molecular weight is 191 g/mol. The van der Waals surface area contributed by atoms with E-state index in [2.05, 4.69) is 5.73 Å². The van der Waals surface area contributed by atoms with E-state index in [0.29, 0.717) is 12.2 Å². The minimum absolute atomic E-state index is 0.278. The van der Waals surface area contributed by atoms with Crippen molar-refractivity contribution in [2.24, 2.45) is 5.73 Å². The highest BCUT2D eigenvalue weighted by Gasteiger charge is 1.88. The Labute approximate surface area is 73.1 Å². The Bertz CT molecular complexity index is 205. The lowest BCUT2D eigenvalue weighted by molar-refractivity contribution is -0.135. The van der Waals surface area contributed by atoms with Crippen LogP contribution in [0.3, 0.4) is 0 Å². The van der Waals surface area contributed by atoms with Crippen LogP contribution in [0, 0.1) is 0 Å². The van der Waals surface area contributed by atoms with Crippen LogP contribution in [0.25, 0.3) is 0 Å². The summed E-state index contributed by atoms with van der Waals surface area (Å²) in [6.07, 6.45) is 1.12. The Morgan fingerprint density at radius 1 is 1.00 bits per heavy atom. The summed E-state index contributed by atoms with van der Waals surface area (Å²) >= 11 is 0. The Balaban J connectivity index is 0. The number of carboxylic acids is 3. The Morgan fingerprint density at radius 3 is 1.31 bits per heavy atom. The number of hydrogen-bond acceptors (Lipinski definition) is 4. The largest absolute Gasteiger partial charge is 0.480 e. The van der Waals surface area contributed by atoms with E-state index < -0.39 is 17.9 Å². The molecule has 0 heterocycles. The summed E-state index contributed by atoms with van der Waals surface area (Å²) in [7, 11) is 0. The van der Waals surface area contributed by atoms with E-state index in [9.17, 15) is 14.4 Å². The van der Waals surface area contributed by atoms with Crippen LogP contribution >= 0.6 is 0 Å². The maximum Gasteiger partial charge on any atom is 0.328 e. The van der Waals surface area contributed by atoms with Crippen LogP contribution in [0.5, 0.6) is 0 Å². The fourth-order valence-corrected chi connectivity index (χ4v) is 0.143. The summed E-state index contributed by atoms with van der Waals surface area (Å²) in [5, 5.41) is 23.2. The summed E-state index contributed by atoms with van der Waals surface area (Å²) in [5.41, 5.74) is 4.57. The molecule has 0 amide bonds. The number of hydrogen-bond donors (Lipinski definition) is 4. The number of nitrogens with two attached hydrogens (primary N) is 1. The first kappa shape index (κ1) is 13.7. The van der Waals surface area contributed by atoms with Crippen molar-refractivity contribution in [2.75, 3.05) is 6.54 Å². The van der Waals surface area contributed by atoms with E-state index in [1.807, 2.05) is 0 Å². The maximum absolute atomic E-state index is 9.55. The summed E-state index contributed by atoms with van der Waals surface area (Å²) in [6, 6.07) is 0. The molecule has 0 rings (SSSR count). The molecule has 5 N–H and O–H groups in total. The van der Waals surface area contributed by atoms with Crippen LogP contribution in [0.4, 0.5) is 0 Å². The zero-order valence-electron chi connectivity index (χ0n) is 6.51. The topological polar surface area (TPSA) is 138 Å². The Morgan fingerprint density at radius 2 is 1.23 bits per heavy atom. The molecule has 74 valence electrons. The van der Waals surface area contributed by atoms with Gasteiger partial charge in [0.2, 0.25) is 0 Å². The van der Waals surface area contributed by atoms with Crippen LogP contribution in [-0.4, -0.2) is 39.8 Å². The molecule has 7 heteroatoms. The monoisotopic (exact) mass is 191 g/mol. The lowest BCUT2D eigenvalue weighted by Gasteiger charge is -1.74. The smallest absolute Gasteiger partial charge is 0.328 e. The van der Waals surface area contributed by atoms with Crippen molar-refractivity contribution in [2.45, 2.75) is 0 Å². The third kappa shape index (κ3) is 25.5. The molecular weight excluding hydrogens is 182 g/mol. The van der Waals surface area contributed by atoms with Gasteiger partial charge in [0.1, 0.15) is 0 Å². The molecule has 0 aromatic carbocycles. The molecule has 13 heavy (non-hydrogen) atoms. The van der Waals surface area contributed by atoms with Crippen LogP contribution in [0.2, 0.25) is 0 Å².